The molecule has 16 heavy (non-hydrogen) atoms. The molecule has 0 bridgehead atoms. The topological polar surface area (TPSA) is 54.2 Å². The highest BCUT2D eigenvalue weighted by atomic mass is 16.5. The molecule has 1 fully saturated rings. The van der Waals surface area contributed by atoms with Gasteiger partial charge in [-0.05, 0) is 38.9 Å². The van der Waals surface area contributed by atoms with Crippen LogP contribution in [0.25, 0.3) is 0 Å². The average Bonchev–Trinajstić information content (AvgIpc) is 2.65. The average molecular weight is 224 g/mol. The normalized spacial score (nSPS) is 18.2. The molecule has 5 heteroatoms. The van der Waals surface area contributed by atoms with E-state index in [1.165, 1.54) is 12.8 Å². The molecule has 0 spiro atoms. The van der Waals surface area contributed by atoms with Crippen molar-refractivity contribution in [3.63, 3.8) is 0 Å². The summed E-state index contributed by atoms with van der Waals surface area (Å²) in [6.45, 7) is 6.03. The molecule has 1 aliphatic heterocycles. The first-order chi connectivity index (χ1) is 7.74. The molecule has 2 heterocycles. The lowest BCUT2D eigenvalue weighted by Crippen LogP contribution is -2.34. The molecule has 0 atom stereocenters. The fourth-order valence-electron chi connectivity index (χ4n) is 2.22. The number of nitrogens with one attached hydrogen (secondary N) is 1. The second kappa shape index (κ2) is 5.41. The van der Waals surface area contributed by atoms with Gasteiger partial charge < -0.3 is 9.84 Å². The molecule has 5 nitrogen and oxygen atoms in total. The van der Waals surface area contributed by atoms with Gasteiger partial charge in [-0.15, -0.1) is 0 Å². The molecule has 1 aliphatic rings. The predicted octanol–water partition coefficient (Wildman–Crippen LogP) is 0.809. The van der Waals surface area contributed by atoms with E-state index in [9.17, 15) is 0 Å². The van der Waals surface area contributed by atoms with E-state index in [0.717, 1.165) is 37.9 Å². The van der Waals surface area contributed by atoms with Crippen molar-refractivity contribution < 1.29 is 4.52 Å². The maximum atomic E-state index is 4.96. The second-order valence-electron chi connectivity index (χ2n) is 4.62. The van der Waals surface area contributed by atoms with Gasteiger partial charge in [0.1, 0.15) is 0 Å². The Morgan fingerprint density at radius 1 is 1.44 bits per heavy atom. The van der Waals surface area contributed by atoms with Crippen LogP contribution < -0.4 is 5.32 Å². The molecule has 0 aromatic carbocycles. The third kappa shape index (κ3) is 3.28. The largest absolute Gasteiger partial charge is 0.340 e. The van der Waals surface area contributed by atoms with Crippen LogP contribution in [-0.4, -0.2) is 41.7 Å². The van der Waals surface area contributed by atoms with Crippen molar-refractivity contribution in [2.75, 3.05) is 26.7 Å². The van der Waals surface area contributed by atoms with Crippen LogP contribution in [0.1, 0.15) is 24.6 Å². The van der Waals surface area contributed by atoms with Gasteiger partial charge in [-0.25, -0.2) is 0 Å². The van der Waals surface area contributed by atoms with Crippen LogP contribution in [0.3, 0.4) is 0 Å². The van der Waals surface area contributed by atoms with E-state index in [1.54, 1.807) is 0 Å². The Hall–Kier alpha value is -0.940. The quantitative estimate of drug-likeness (QED) is 0.820. The molecule has 1 saturated heterocycles. The highest BCUT2D eigenvalue weighted by Crippen LogP contribution is 2.13. The van der Waals surface area contributed by atoms with Crippen LogP contribution in [0.5, 0.6) is 0 Å². The fourth-order valence-corrected chi connectivity index (χ4v) is 2.22. The summed E-state index contributed by atoms with van der Waals surface area (Å²) in [7, 11) is 2.12. The molecule has 2 rings (SSSR count). The number of rotatable bonds is 4. The number of hydrogen-bond donors (Lipinski definition) is 1. The molecular formula is C11H20N4O. The van der Waals surface area contributed by atoms with Gasteiger partial charge in [0.25, 0.3) is 0 Å². The molecule has 1 N–H and O–H groups in total. The molecular weight excluding hydrogens is 204 g/mol. The van der Waals surface area contributed by atoms with Crippen molar-refractivity contribution in [2.24, 2.45) is 5.92 Å². The van der Waals surface area contributed by atoms with Crippen LogP contribution in [0.2, 0.25) is 0 Å². The molecule has 1 aromatic heterocycles. The van der Waals surface area contributed by atoms with Crippen LogP contribution in [0, 0.1) is 12.8 Å². The third-order valence-corrected chi connectivity index (χ3v) is 3.01. The van der Waals surface area contributed by atoms with E-state index >= 15 is 0 Å². The number of aryl methyl sites for hydroxylation is 1. The van der Waals surface area contributed by atoms with Gasteiger partial charge >= 0.3 is 0 Å². The third-order valence-electron chi connectivity index (χ3n) is 3.01. The van der Waals surface area contributed by atoms with Crippen molar-refractivity contribution in [1.82, 2.24) is 20.4 Å². The monoisotopic (exact) mass is 224 g/mol. The molecule has 0 radical (unpaired) electrons. The Morgan fingerprint density at radius 3 is 2.81 bits per heavy atom. The Balaban J connectivity index is 1.77. The van der Waals surface area contributed by atoms with Crippen molar-refractivity contribution in [2.45, 2.75) is 26.3 Å². The molecule has 0 unspecified atom stereocenters. The van der Waals surface area contributed by atoms with Crippen LogP contribution >= 0.6 is 0 Å². The van der Waals surface area contributed by atoms with Gasteiger partial charge in [-0.2, -0.15) is 4.98 Å². The van der Waals surface area contributed by atoms with Gasteiger partial charge in [0.05, 0.1) is 6.54 Å². The Morgan fingerprint density at radius 2 is 2.19 bits per heavy atom. The van der Waals surface area contributed by atoms with Gasteiger partial charge in [0, 0.05) is 13.5 Å². The summed E-state index contributed by atoms with van der Waals surface area (Å²) in [6, 6.07) is 0. The number of aromatic nitrogens is 2. The molecule has 1 aromatic rings. The SMILES string of the molecule is Cc1nc(CN(C)CC2CCNCC2)no1. The number of nitrogens with zero attached hydrogens (tertiary/aromatic N) is 3. The lowest BCUT2D eigenvalue weighted by Gasteiger charge is -2.26. The number of hydrogen-bond acceptors (Lipinski definition) is 5. The van der Waals surface area contributed by atoms with Crippen molar-refractivity contribution in [3.8, 4) is 0 Å². The summed E-state index contributed by atoms with van der Waals surface area (Å²) < 4.78 is 4.96. The van der Waals surface area contributed by atoms with Crippen LogP contribution in [-0.2, 0) is 6.54 Å². The molecule has 0 saturated carbocycles. The Labute approximate surface area is 96.2 Å². The summed E-state index contributed by atoms with van der Waals surface area (Å²) >= 11 is 0. The van der Waals surface area contributed by atoms with E-state index in [1.807, 2.05) is 6.92 Å². The smallest absolute Gasteiger partial charge is 0.223 e. The Kier molecular flexibility index (Phi) is 3.90. The zero-order valence-corrected chi connectivity index (χ0v) is 10.1. The van der Waals surface area contributed by atoms with Gasteiger partial charge in [-0.3, -0.25) is 4.90 Å². The highest BCUT2D eigenvalue weighted by Gasteiger charge is 2.16. The van der Waals surface area contributed by atoms with Gasteiger partial charge in [0.2, 0.25) is 5.89 Å². The van der Waals surface area contributed by atoms with Gasteiger partial charge in [-0.1, -0.05) is 5.16 Å². The summed E-state index contributed by atoms with van der Waals surface area (Å²) in [5.74, 6) is 2.23. The van der Waals surface area contributed by atoms with E-state index < -0.39 is 0 Å². The maximum Gasteiger partial charge on any atom is 0.223 e. The second-order valence-corrected chi connectivity index (χ2v) is 4.62. The summed E-state index contributed by atoms with van der Waals surface area (Å²) in [4.78, 5) is 6.49. The maximum absolute atomic E-state index is 4.96. The first-order valence-corrected chi connectivity index (χ1v) is 5.92. The van der Waals surface area contributed by atoms with Crippen LogP contribution in [0.15, 0.2) is 4.52 Å². The van der Waals surface area contributed by atoms with E-state index in [-0.39, 0.29) is 0 Å². The summed E-state index contributed by atoms with van der Waals surface area (Å²) in [5, 5.41) is 7.29. The minimum absolute atomic E-state index is 0.644. The minimum Gasteiger partial charge on any atom is -0.340 e. The summed E-state index contributed by atoms with van der Waals surface area (Å²) in [5.41, 5.74) is 0. The minimum atomic E-state index is 0.644. The van der Waals surface area contributed by atoms with E-state index in [2.05, 4.69) is 27.4 Å². The lowest BCUT2D eigenvalue weighted by molar-refractivity contribution is 0.228. The van der Waals surface area contributed by atoms with Crippen molar-refractivity contribution >= 4 is 0 Å². The zero-order chi connectivity index (χ0) is 11.4. The highest BCUT2D eigenvalue weighted by molar-refractivity contribution is 4.84. The first-order valence-electron chi connectivity index (χ1n) is 5.92. The van der Waals surface area contributed by atoms with Crippen molar-refractivity contribution in [3.05, 3.63) is 11.7 Å². The molecule has 0 aliphatic carbocycles. The fraction of sp³-hybridized carbons (Fsp3) is 0.818. The first kappa shape index (κ1) is 11.5. The predicted molar refractivity (Wildman–Crippen MR) is 61.0 cm³/mol. The van der Waals surface area contributed by atoms with E-state index in [0.29, 0.717) is 5.89 Å². The number of piperidine rings is 1. The lowest BCUT2D eigenvalue weighted by atomic mass is 9.98. The van der Waals surface area contributed by atoms with E-state index in [4.69, 9.17) is 4.52 Å². The summed E-state index contributed by atoms with van der Waals surface area (Å²) in [6.07, 6.45) is 2.55. The standard InChI is InChI=1S/C11H20N4O/c1-9-13-11(14-16-9)8-15(2)7-10-3-5-12-6-4-10/h10,12H,3-8H2,1-2H3. The van der Waals surface area contributed by atoms with Gasteiger partial charge in [0.15, 0.2) is 5.82 Å². The molecule has 90 valence electrons. The Bertz CT molecular complexity index is 320. The zero-order valence-electron chi connectivity index (χ0n) is 10.1. The van der Waals surface area contributed by atoms with Crippen molar-refractivity contribution in [1.29, 1.82) is 0 Å². The van der Waals surface area contributed by atoms with Crippen LogP contribution in [0.4, 0.5) is 0 Å². The molecule has 0 amide bonds.